The van der Waals surface area contributed by atoms with E-state index in [9.17, 15) is 14.4 Å². The highest BCUT2D eigenvalue weighted by Crippen LogP contribution is 2.35. The van der Waals surface area contributed by atoms with Crippen molar-refractivity contribution in [3.05, 3.63) is 94.2 Å². The Balaban J connectivity index is 1.76. The molecule has 0 aliphatic carbocycles. The molecular weight excluding hydrogens is 362 g/mol. The van der Waals surface area contributed by atoms with E-state index in [1.165, 1.54) is 11.3 Å². The number of imide groups is 1. The van der Waals surface area contributed by atoms with Crippen LogP contribution in [0.25, 0.3) is 0 Å². The SMILES string of the molecule is O=C(NN1C(=O)NC(c2ccccc2)(c2ccccc2)C1=O)c1cccs1. The second kappa shape index (κ2) is 6.69. The van der Waals surface area contributed by atoms with E-state index in [4.69, 9.17) is 0 Å². The standard InChI is InChI=1S/C20H15N3O3S/c24-17(16-12-7-13-27-16)22-23-18(25)20(21-19(23)26,14-8-3-1-4-9-14)15-10-5-2-6-11-15/h1-13H,(H,21,26)(H,22,24). The molecule has 0 spiro atoms. The van der Waals surface area contributed by atoms with E-state index in [2.05, 4.69) is 10.7 Å². The Hall–Kier alpha value is -3.45. The van der Waals surface area contributed by atoms with Crippen LogP contribution in [-0.2, 0) is 10.3 Å². The number of carbonyl (C=O) groups is 3. The summed E-state index contributed by atoms with van der Waals surface area (Å²) in [7, 11) is 0. The Labute approximate surface area is 159 Å². The number of carbonyl (C=O) groups excluding carboxylic acids is 3. The minimum absolute atomic E-state index is 0.410. The maximum Gasteiger partial charge on any atom is 0.344 e. The Kier molecular flexibility index (Phi) is 4.21. The van der Waals surface area contributed by atoms with Crippen LogP contribution in [0.2, 0.25) is 0 Å². The van der Waals surface area contributed by atoms with Crippen molar-refractivity contribution in [3.63, 3.8) is 0 Å². The monoisotopic (exact) mass is 377 g/mol. The lowest BCUT2D eigenvalue weighted by Gasteiger charge is -2.27. The third-order valence-electron chi connectivity index (χ3n) is 4.39. The van der Waals surface area contributed by atoms with Gasteiger partial charge in [0.1, 0.15) is 0 Å². The molecular formula is C20H15N3O3S. The Bertz CT molecular complexity index is 948. The van der Waals surface area contributed by atoms with E-state index < -0.39 is 23.4 Å². The average molecular weight is 377 g/mol. The fourth-order valence-electron chi connectivity index (χ4n) is 3.13. The maximum atomic E-state index is 13.4. The van der Waals surface area contributed by atoms with Gasteiger partial charge in [-0.25, -0.2) is 4.79 Å². The summed E-state index contributed by atoms with van der Waals surface area (Å²) in [5, 5.41) is 5.28. The van der Waals surface area contributed by atoms with Crippen molar-refractivity contribution >= 4 is 29.2 Å². The smallest absolute Gasteiger partial charge is 0.314 e. The van der Waals surface area contributed by atoms with Crippen LogP contribution in [0.5, 0.6) is 0 Å². The molecule has 0 atom stereocenters. The first-order chi connectivity index (χ1) is 13.1. The molecule has 0 saturated carbocycles. The van der Waals surface area contributed by atoms with Crippen LogP contribution < -0.4 is 10.7 Å². The molecule has 2 heterocycles. The van der Waals surface area contributed by atoms with Crippen LogP contribution in [0.4, 0.5) is 4.79 Å². The quantitative estimate of drug-likeness (QED) is 0.686. The molecule has 6 nitrogen and oxygen atoms in total. The lowest BCUT2D eigenvalue weighted by molar-refractivity contribution is -0.131. The minimum atomic E-state index is -1.40. The van der Waals surface area contributed by atoms with Crippen molar-refractivity contribution in [2.45, 2.75) is 5.54 Å². The molecule has 0 radical (unpaired) electrons. The summed E-state index contributed by atoms with van der Waals surface area (Å²) < 4.78 is 0. The molecule has 1 saturated heterocycles. The molecule has 1 aliphatic heterocycles. The normalized spacial score (nSPS) is 15.5. The molecule has 134 valence electrons. The Morgan fingerprint density at radius 2 is 1.48 bits per heavy atom. The van der Waals surface area contributed by atoms with Crippen molar-refractivity contribution < 1.29 is 14.4 Å². The van der Waals surface area contributed by atoms with E-state index >= 15 is 0 Å². The molecule has 2 aromatic carbocycles. The number of urea groups is 1. The van der Waals surface area contributed by atoms with Gasteiger partial charge in [0.25, 0.3) is 11.8 Å². The van der Waals surface area contributed by atoms with Gasteiger partial charge in [-0.05, 0) is 22.6 Å². The fourth-order valence-corrected chi connectivity index (χ4v) is 3.74. The second-order valence-corrected chi connectivity index (χ2v) is 6.92. The lowest BCUT2D eigenvalue weighted by atomic mass is 9.83. The van der Waals surface area contributed by atoms with Gasteiger partial charge in [0.2, 0.25) is 0 Å². The highest BCUT2D eigenvalue weighted by molar-refractivity contribution is 7.12. The summed E-state index contributed by atoms with van der Waals surface area (Å²) in [6, 6.07) is 20.6. The highest BCUT2D eigenvalue weighted by Gasteiger charge is 2.54. The van der Waals surface area contributed by atoms with E-state index in [1.807, 2.05) is 12.1 Å². The number of hydrogen-bond donors (Lipinski definition) is 2. The molecule has 1 aromatic heterocycles. The molecule has 1 fully saturated rings. The summed E-state index contributed by atoms with van der Waals surface area (Å²) in [4.78, 5) is 38.8. The molecule has 3 aromatic rings. The van der Waals surface area contributed by atoms with Crippen molar-refractivity contribution in [1.82, 2.24) is 15.8 Å². The first-order valence-electron chi connectivity index (χ1n) is 8.25. The number of amides is 4. The summed E-state index contributed by atoms with van der Waals surface area (Å²) in [6.07, 6.45) is 0. The van der Waals surface area contributed by atoms with Gasteiger partial charge >= 0.3 is 6.03 Å². The first-order valence-corrected chi connectivity index (χ1v) is 9.13. The first kappa shape index (κ1) is 17.0. The van der Waals surface area contributed by atoms with Gasteiger partial charge in [0, 0.05) is 0 Å². The summed E-state index contributed by atoms with van der Waals surface area (Å²) in [6.45, 7) is 0. The van der Waals surface area contributed by atoms with Gasteiger partial charge < -0.3 is 5.32 Å². The van der Waals surface area contributed by atoms with Gasteiger partial charge in [-0.15, -0.1) is 11.3 Å². The van der Waals surface area contributed by atoms with E-state index in [0.29, 0.717) is 16.0 Å². The van der Waals surface area contributed by atoms with Crippen LogP contribution in [-0.4, -0.2) is 22.9 Å². The summed E-state index contributed by atoms with van der Waals surface area (Å²) in [5.41, 5.74) is 2.24. The summed E-state index contributed by atoms with van der Waals surface area (Å²) in [5.74, 6) is -1.07. The molecule has 7 heteroatoms. The third kappa shape index (κ3) is 2.78. The van der Waals surface area contributed by atoms with E-state index in [1.54, 1.807) is 66.0 Å². The third-order valence-corrected chi connectivity index (χ3v) is 5.26. The van der Waals surface area contributed by atoms with E-state index in [0.717, 1.165) is 5.01 Å². The average Bonchev–Trinajstić information content (AvgIpc) is 3.33. The number of nitrogens with one attached hydrogen (secondary N) is 2. The molecule has 0 unspecified atom stereocenters. The predicted molar refractivity (Wildman–Crippen MR) is 101 cm³/mol. The number of rotatable bonds is 4. The zero-order chi connectivity index (χ0) is 18.9. The number of hydrazine groups is 1. The number of benzene rings is 2. The van der Waals surface area contributed by atoms with Gasteiger partial charge in [-0.1, -0.05) is 66.7 Å². The topological polar surface area (TPSA) is 78.5 Å². The van der Waals surface area contributed by atoms with Crippen molar-refractivity contribution in [1.29, 1.82) is 0 Å². The molecule has 4 amide bonds. The maximum absolute atomic E-state index is 13.4. The van der Waals surface area contributed by atoms with Crippen LogP contribution in [0.3, 0.4) is 0 Å². The number of thiophene rings is 1. The van der Waals surface area contributed by atoms with Gasteiger partial charge in [0.15, 0.2) is 5.54 Å². The Morgan fingerprint density at radius 3 is 2.00 bits per heavy atom. The highest BCUT2D eigenvalue weighted by atomic mass is 32.1. The number of hydrogen-bond acceptors (Lipinski definition) is 4. The molecule has 27 heavy (non-hydrogen) atoms. The molecule has 2 N–H and O–H groups in total. The van der Waals surface area contributed by atoms with Gasteiger partial charge in [-0.2, -0.15) is 5.01 Å². The van der Waals surface area contributed by atoms with Crippen molar-refractivity contribution in [3.8, 4) is 0 Å². The molecule has 4 rings (SSSR count). The number of nitrogens with zero attached hydrogens (tertiary/aromatic N) is 1. The second-order valence-electron chi connectivity index (χ2n) is 5.97. The summed E-state index contributed by atoms with van der Waals surface area (Å²) >= 11 is 1.23. The van der Waals surface area contributed by atoms with Gasteiger partial charge in [-0.3, -0.25) is 15.0 Å². The molecule has 1 aliphatic rings. The van der Waals surface area contributed by atoms with Crippen LogP contribution >= 0.6 is 11.3 Å². The fraction of sp³-hybridized carbons (Fsp3) is 0.0500. The zero-order valence-corrected chi connectivity index (χ0v) is 14.9. The lowest BCUT2D eigenvalue weighted by Crippen LogP contribution is -2.49. The predicted octanol–water partition coefficient (Wildman–Crippen LogP) is 2.89. The minimum Gasteiger partial charge on any atom is -0.314 e. The van der Waals surface area contributed by atoms with Crippen molar-refractivity contribution in [2.75, 3.05) is 0 Å². The largest absolute Gasteiger partial charge is 0.344 e. The van der Waals surface area contributed by atoms with Crippen molar-refractivity contribution in [2.24, 2.45) is 0 Å². The molecule has 0 bridgehead atoms. The van der Waals surface area contributed by atoms with Crippen LogP contribution in [0.1, 0.15) is 20.8 Å². The van der Waals surface area contributed by atoms with Gasteiger partial charge in [0.05, 0.1) is 4.88 Å². The van der Waals surface area contributed by atoms with Crippen LogP contribution in [0.15, 0.2) is 78.2 Å². The van der Waals surface area contributed by atoms with E-state index in [-0.39, 0.29) is 0 Å². The zero-order valence-electron chi connectivity index (χ0n) is 14.1. The van der Waals surface area contributed by atoms with Crippen LogP contribution in [0, 0.1) is 0 Å². The Morgan fingerprint density at radius 1 is 0.889 bits per heavy atom.